The molecule has 1 aliphatic rings. The number of hydrogen-bond acceptors (Lipinski definition) is 4. The average molecular weight is 394 g/mol. The number of anilines is 2. The molecule has 29 heavy (non-hydrogen) atoms. The normalized spacial score (nSPS) is 14.1. The monoisotopic (exact) mass is 394 g/mol. The van der Waals surface area contributed by atoms with E-state index < -0.39 is 5.82 Å². The molecule has 0 aliphatic carbocycles. The Hall–Kier alpha value is -3.19. The SMILES string of the molecule is Cc1ccc(-c2cn(CC(=O)Nc3cccc(F)c3)nc2N2CCOCC2)cc1. The summed E-state index contributed by atoms with van der Waals surface area (Å²) in [6.07, 6.45) is 1.89. The Balaban J connectivity index is 1.58. The summed E-state index contributed by atoms with van der Waals surface area (Å²) in [6.45, 7) is 4.91. The van der Waals surface area contributed by atoms with Crippen LogP contribution in [0.3, 0.4) is 0 Å². The third-order valence-electron chi connectivity index (χ3n) is 4.83. The zero-order valence-corrected chi connectivity index (χ0v) is 16.3. The van der Waals surface area contributed by atoms with Crippen LogP contribution in [0.15, 0.2) is 54.7 Å². The van der Waals surface area contributed by atoms with Crippen LogP contribution >= 0.6 is 0 Å². The number of amides is 1. The molecule has 1 fully saturated rings. The maximum absolute atomic E-state index is 13.3. The third kappa shape index (κ3) is 4.63. The second-order valence-corrected chi connectivity index (χ2v) is 7.09. The molecule has 0 unspecified atom stereocenters. The summed E-state index contributed by atoms with van der Waals surface area (Å²) in [6, 6.07) is 14.1. The summed E-state index contributed by atoms with van der Waals surface area (Å²) < 4.78 is 20.4. The van der Waals surface area contributed by atoms with E-state index in [0.717, 1.165) is 30.0 Å². The molecule has 1 saturated heterocycles. The second-order valence-electron chi connectivity index (χ2n) is 7.09. The van der Waals surface area contributed by atoms with E-state index in [2.05, 4.69) is 39.6 Å². The van der Waals surface area contributed by atoms with Gasteiger partial charge in [-0.1, -0.05) is 35.9 Å². The molecule has 2 aromatic carbocycles. The molecule has 7 heteroatoms. The number of carbonyl (C=O) groups excluding carboxylic acids is 1. The van der Waals surface area contributed by atoms with E-state index in [-0.39, 0.29) is 12.5 Å². The molecule has 0 spiro atoms. The predicted octanol–water partition coefficient (Wildman–Crippen LogP) is 3.47. The van der Waals surface area contributed by atoms with Gasteiger partial charge in [0.25, 0.3) is 0 Å². The van der Waals surface area contributed by atoms with Crippen LogP contribution in [0.1, 0.15) is 5.56 Å². The highest BCUT2D eigenvalue weighted by Gasteiger charge is 2.20. The van der Waals surface area contributed by atoms with E-state index in [1.165, 1.54) is 17.7 Å². The molecule has 150 valence electrons. The molecule has 3 aromatic rings. The molecular formula is C22H23FN4O2. The number of hydrogen-bond donors (Lipinski definition) is 1. The van der Waals surface area contributed by atoms with Gasteiger partial charge in [-0.2, -0.15) is 5.10 Å². The van der Waals surface area contributed by atoms with Crippen LogP contribution in [-0.2, 0) is 16.1 Å². The predicted molar refractivity (Wildman–Crippen MR) is 110 cm³/mol. The van der Waals surface area contributed by atoms with Crippen molar-refractivity contribution in [1.82, 2.24) is 9.78 Å². The van der Waals surface area contributed by atoms with Gasteiger partial charge in [0, 0.05) is 30.5 Å². The first-order valence-electron chi connectivity index (χ1n) is 9.61. The van der Waals surface area contributed by atoms with Gasteiger partial charge in [-0.25, -0.2) is 4.39 Å². The fourth-order valence-corrected chi connectivity index (χ4v) is 3.35. The molecular weight excluding hydrogens is 371 g/mol. The Bertz CT molecular complexity index is 994. The molecule has 0 atom stereocenters. The van der Waals surface area contributed by atoms with Crippen LogP contribution in [0.4, 0.5) is 15.9 Å². The molecule has 4 rings (SSSR count). The second kappa shape index (κ2) is 8.45. The number of morpholine rings is 1. The molecule has 0 radical (unpaired) electrons. The largest absolute Gasteiger partial charge is 0.378 e. The zero-order valence-electron chi connectivity index (χ0n) is 16.3. The van der Waals surface area contributed by atoms with Gasteiger partial charge < -0.3 is 15.0 Å². The summed E-state index contributed by atoms with van der Waals surface area (Å²) in [7, 11) is 0. The molecule has 2 heterocycles. The van der Waals surface area contributed by atoms with Crippen LogP contribution < -0.4 is 10.2 Å². The average Bonchev–Trinajstić information content (AvgIpc) is 3.13. The van der Waals surface area contributed by atoms with Gasteiger partial charge in [-0.15, -0.1) is 0 Å². The lowest BCUT2D eigenvalue weighted by molar-refractivity contribution is -0.116. The minimum atomic E-state index is -0.391. The van der Waals surface area contributed by atoms with Gasteiger partial charge in [0.2, 0.25) is 5.91 Å². The highest BCUT2D eigenvalue weighted by Crippen LogP contribution is 2.30. The highest BCUT2D eigenvalue weighted by molar-refractivity contribution is 5.90. The van der Waals surface area contributed by atoms with Crippen LogP contribution in [0, 0.1) is 12.7 Å². The lowest BCUT2D eigenvalue weighted by Crippen LogP contribution is -2.36. The molecule has 6 nitrogen and oxygen atoms in total. The number of nitrogens with one attached hydrogen (secondary N) is 1. The number of ether oxygens (including phenoxy) is 1. The van der Waals surface area contributed by atoms with Crippen molar-refractivity contribution < 1.29 is 13.9 Å². The quantitative estimate of drug-likeness (QED) is 0.720. The summed E-state index contributed by atoms with van der Waals surface area (Å²) in [5, 5.41) is 7.40. The van der Waals surface area contributed by atoms with Gasteiger partial charge in [-0.3, -0.25) is 9.48 Å². The maximum atomic E-state index is 13.3. The molecule has 1 aromatic heterocycles. The van der Waals surface area contributed by atoms with E-state index in [0.29, 0.717) is 18.9 Å². The zero-order chi connectivity index (χ0) is 20.2. The maximum Gasteiger partial charge on any atom is 0.246 e. The van der Waals surface area contributed by atoms with Gasteiger partial charge in [-0.05, 0) is 30.7 Å². The lowest BCUT2D eigenvalue weighted by Gasteiger charge is -2.27. The number of aromatic nitrogens is 2. The summed E-state index contributed by atoms with van der Waals surface area (Å²) in [5.41, 5.74) is 3.64. The number of aryl methyl sites for hydroxylation is 1. The minimum absolute atomic E-state index is 0.0414. The molecule has 1 aliphatic heterocycles. The van der Waals surface area contributed by atoms with Crippen molar-refractivity contribution >= 4 is 17.4 Å². The number of carbonyl (C=O) groups is 1. The van der Waals surface area contributed by atoms with Crippen molar-refractivity contribution in [3.8, 4) is 11.1 Å². The van der Waals surface area contributed by atoms with Crippen LogP contribution in [0.2, 0.25) is 0 Å². The molecule has 0 saturated carbocycles. The number of benzene rings is 2. The standard InChI is InChI=1S/C22H23FN4O2/c1-16-5-7-17(8-6-16)20-14-27(25-22(20)26-9-11-29-12-10-26)15-21(28)24-19-4-2-3-18(23)13-19/h2-8,13-14H,9-12,15H2,1H3,(H,24,28). The smallest absolute Gasteiger partial charge is 0.246 e. The Kier molecular flexibility index (Phi) is 5.57. The van der Waals surface area contributed by atoms with Gasteiger partial charge in [0.15, 0.2) is 5.82 Å². The summed E-state index contributed by atoms with van der Waals surface area (Å²) >= 11 is 0. The van der Waals surface area contributed by atoms with E-state index in [9.17, 15) is 9.18 Å². The van der Waals surface area contributed by atoms with E-state index in [1.807, 2.05) is 13.1 Å². The van der Waals surface area contributed by atoms with Crippen molar-refractivity contribution in [3.63, 3.8) is 0 Å². The fourth-order valence-electron chi connectivity index (χ4n) is 3.35. The first-order chi connectivity index (χ1) is 14.1. The first kappa shape index (κ1) is 19.1. The lowest BCUT2D eigenvalue weighted by atomic mass is 10.1. The summed E-state index contributed by atoms with van der Waals surface area (Å²) in [5.74, 6) is 0.191. The topological polar surface area (TPSA) is 59.4 Å². The van der Waals surface area contributed by atoms with Crippen molar-refractivity contribution in [3.05, 3.63) is 66.1 Å². The van der Waals surface area contributed by atoms with Gasteiger partial charge >= 0.3 is 0 Å². The van der Waals surface area contributed by atoms with Crippen molar-refractivity contribution in [2.45, 2.75) is 13.5 Å². The van der Waals surface area contributed by atoms with Crippen molar-refractivity contribution in [1.29, 1.82) is 0 Å². The van der Waals surface area contributed by atoms with Crippen molar-refractivity contribution in [2.75, 3.05) is 36.5 Å². The number of halogens is 1. The molecule has 0 bridgehead atoms. The summed E-state index contributed by atoms with van der Waals surface area (Å²) in [4.78, 5) is 14.6. The van der Waals surface area contributed by atoms with Gasteiger partial charge in [0.1, 0.15) is 12.4 Å². The number of nitrogens with zero attached hydrogens (tertiary/aromatic N) is 3. The van der Waals surface area contributed by atoms with Gasteiger partial charge in [0.05, 0.1) is 13.2 Å². The highest BCUT2D eigenvalue weighted by atomic mass is 19.1. The van der Waals surface area contributed by atoms with Crippen molar-refractivity contribution in [2.24, 2.45) is 0 Å². The first-order valence-corrected chi connectivity index (χ1v) is 9.61. The van der Waals surface area contributed by atoms with E-state index in [4.69, 9.17) is 4.74 Å². The number of rotatable bonds is 5. The van der Waals surface area contributed by atoms with Crippen LogP contribution in [0.5, 0.6) is 0 Å². The van der Waals surface area contributed by atoms with Crippen LogP contribution in [-0.4, -0.2) is 42.0 Å². The Morgan fingerprint density at radius 3 is 2.66 bits per heavy atom. The Labute approximate surface area is 168 Å². The molecule has 1 amide bonds. The molecule has 1 N–H and O–H groups in total. The van der Waals surface area contributed by atoms with Crippen LogP contribution in [0.25, 0.3) is 11.1 Å². The van der Waals surface area contributed by atoms with E-state index >= 15 is 0 Å². The van der Waals surface area contributed by atoms with E-state index in [1.54, 1.807) is 16.8 Å². The fraction of sp³-hybridized carbons (Fsp3) is 0.273. The Morgan fingerprint density at radius 2 is 1.93 bits per heavy atom. The minimum Gasteiger partial charge on any atom is -0.378 e. The Morgan fingerprint density at radius 1 is 1.17 bits per heavy atom. The third-order valence-corrected chi connectivity index (χ3v) is 4.83.